The van der Waals surface area contributed by atoms with Crippen molar-refractivity contribution in [2.75, 3.05) is 0 Å². The molecule has 1 aliphatic rings. The highest BCUT2D eigenvalue weighted by Gasteiger charge is 2.32. The van der Waals surface area contributed by atoms with Crippen molar-refractivity contribution in [3.8, 4) is 5.75 Å². The lowest BCUT2D eigenvalue weighted by atomic mass is 10.0. The SMILES string of the molecule is O=C1CC(C(=O)O)Oc2cc(F)c(Cl)cc21. The fraction of sp³-hybridized carbons (Fsp3) is 0.200. The number of fused-ring (bicyclic) bond motifs is 1. The van der Waals surface area contributed by atoms with Crippen LogP contribution in [0.4, 0.5) is 4.39 Å². The van der Waals surface area contributed by atoms with Crippen molar-refractivity contribution in [1.82, 2.24) is 0 Å². The topological polar surface area (TPSA) is 63.6 Å². The Balaban J connectivity index is 2.46. The smallest absolute Gasteiger partial charge is 0.345 e. The Morgan fingerprint density at radius 1 is 1.56 bits per heavy atom. The van der Waals surface area contributed by atoms with E-state index in [1.54, 1.807) is 0 Å². The Morgan fingerprint density at radius 3 is 2.88 bits per heavy atom. The maximum absolute atomic E-state index is 13.1. The van der Waals surface area contributed by atoms with E-state index in [4.69, 9.17) is 21.4 Å². The minimum absolute atomic E-state index is 0.0782. The average Bonchev–Trinajstić information content (AvgIpc) is 2.20. The highest BCUT2D eigenvalue weighted by atomic mass is 35.5. The predicted molar refractivity (Wildman–Crippen MR) is 52.4 cm³/mol. The van der Waals surface area contributed by atoms with Crippen LogP contribution in [0.2, 0.25) is 5.02 Å². The molecule has 16 heavy (non-hydrogen) atoms. The lowest BCUT2D eigenvalue weighted by Gasteiger charge is -2.22. The van der Waals surface area contributed by atoms with Crippen LogP contribution in [0.25, 0.3) is 0 Å². The molecule has 0 aliphatic carbocycles. The predicted octanol–water partition coefficient (Wildman–Crippen LogP) is 1.90. The lowest BCUT2D eigenvalue weighted by molar-refractivity contribution is -0.145. The number of halogens is 2. The van der Waals surface area contributed by atoms with Gasteiger partial charge in [-0.2, -0.15) is 0 Å². The molecule has 0 radical (unpaired) electrons. The van der Waals surface area contributed by atoms with Gasteiger partial charge in [-0.05, 0) is 6.07 Å². The molecule has 0 fully saturated rings. The molecule has 84 valence electrons. The van der Waals surface area contributed by atoms with Gasteiger partial charge in [0, 0.05) is 6.07 Å². The van der Waals surface area contributed by atoms with Gasteiger partial charge in [0.15, 0.2) is 5.78 Å². The molecule has 1 unspecified atom stereocenters. The molecule has 0 saturated heterocycles. The third-order valence-electron chi connectivity index (χ3n) is 2.24. The number of benzene rings is 1. The van der Waals surface area contributed by atoms with E-state index in [2.05, 4.69) is 0 Å². The molecular weight excluding hydrogens is 239 g/mol. The van der Waals surface area contributed by atoms with Gasteiger partial charge in [0.1, 0.15) is 11.6 Å². The van der Waals surface area contributed by atoms with Crippen molar-refractivity contribution in [2.24, 2.45) is 0 Å². The summed E-state index contributed by atoms with van der Waals surface area (Å²) in [5.74, 6) is -2.50. The van der Waals surface area contributed by atoms with Crippen LogP contribution >= 0.6 is 11.6 Å². The quantitative estimate of drug-likeness (QED) is 0.819. The number of carboxylic acids is 1. The van der Waals surface area contributed by atoms with Gasteiger partial charge < -0.3 is 9.84 Å². The largest absolute Gasteiger partial charge is 0.478 e. The van der Waals surface area contributed by atoms with Crippen LogP contribution in [0.3, 0.4) is 0 Å². The summed E-state index contributed by atoms with van der Waals surface area (Å²) in [6, 6.07) is 2.07. The highest BCUT2D eigenvalue weighted by molar-refractivity contribution is 6.31. The maximum Gasteiger partial charge on any atom is 0.345 e. The van der Waals surface area contributed by atoms with Crippen LogP contribution in [0, 0.1) is 5.82 Å². The zero-order valence-corrected chi connectivity index (χ0v) is 8.62. The van der Waals surface area contributed by atoms with Crippen molar-refractivity contribution in [1.29, 1.82) is 0 Å². The van der Waals surface area contributed by atoms with Crippen molar-refractivity contribution in [2.45, 2.75) is 12.5 Å². The van der Waals surface area contributed by atoms with Crippen LogP contribution in [-0.2, 0) is 4.79 Å². The summed E-state index contributed by atoms with van der Waals surface area (Å²) in [5, 5.41) is 8.52. The second-order valence-corrected chi connectivity index (χ2v) is 3.74. The van der Waals surface area contributed by atoms with Gasteiger partial charge in [0.25, 0.3) is 0 Å². The van der Waals surface area contributed by atoms with Crippen molar-refractivity contribution in [3.63, 3.8) is 0 Å². The van der Waals surface area contributed by atoms with E-state index in [9.17, 15) is 14.0 Å². The number of ether oxygens (including phenoxy) is 1. The molecule has 1 atom stereocenters. The first kappa shape index (κ1) is 10.9. The molecule has 0 amide bonds. The number of Topliss-reactive ketones (excluding diaryl/α,β-unsaturated/α-hetero) is 1. The number of carbonyl (C=O) groups is 2. The molecule has 2 rings (SSSR count). The summed E-state index contributed by atoms with van der Waals surface area (Å²) in [6.07, 6.45) is -1.54. The summed E-state index contributed by atoms with van der Waals surface area (Å²) >= 11 is 5.51. The van der Waals surface area contributed by atoms with Crippen molar-refractivity contribution in [3.05, 3.63) is 28.5 Å². The minimum atomic E-state index is -1.26. The molecule has 1 N–H and O–H groups in total. The zero-order valence-electron chi connectivity index (χ0n) is 7.87. The molecule has 0 aromatic heterocycles. The Labute approximate surface area is 94.6 Å². The van der Waals surface area contributed by atoms with Gasteiger partial charge in [-0.15, -0.1) is 0 Å². The third kappa shape index (κ3) is 1.74. The fourth-order valence-electron chi connectivity index (χ4n) is 1.45. The molecular formula is C10H6ClFO4. The number of ketones is 1. The number of hydrogen-bond donors (Lipinski definition) is 1. The van der Waals surface area contributed by atoms with Crippen molar-refractivity contribution >= 4 is 23.4 Å². The third-order valence-corrected chi connectivity index (χ3v) is 2.53. The summed E-state index contributed by atoms with van der Waals surface area (Å²) in [7, 11) is 0. The van der Waals surface area contributed by atoms with Gasteiger partial charge in [0.05, 0.1) is 17.0 Å². The zero-order chi connectivity index (χ0) is 11.9. The molecule has 0 saturated carbocycles. The first-order valence-corrected chi connectivity index (χ1v) is 4.78. The monoisotopic (exact) mass is 244 g/mol. The summed E-state index contributed by atoms with van der Waals surface area (Å²) in [5.41, 5.74) is 0.115. The molecule has 1 aromatic rings. The van der Waals surface area contributed by atoms with Gasteiger partial charge in [-0.25, -0.2) is 9.18 Å². The van der Waals surface area contributed by atoms with Crippen molar-refractivity contribution < 1.29 is 23.8 Å². The lowest BCUT2D eigenvalue weighted by Crippen LogP contribution is -2.34. The van der Waals surface area contributed by atoms with E-state index >= 15 is 0 Å². The summed E-state index contributed by atoms with van der Waals surface area (Å²) in [4.78, 5) is 22.2. The van der Waals surface area contributed by atoms with E-state index in [0.29, 0.717) is 0 Å². The number of carbonyl (C=O) groups excluding carboxylic acids is 1. The second kappa shape index (κ2) is 3.75. The van der Waals surface area contributed by atoms with Gasteiger partial charge in [-0.3, -0.25) is 4.79 Å². The summed E-state index contributed by atoms with van der Waals surface area (Å²) < 4.78 is 18.1. The molecule has 1 aromatic carbocycles. The van der Waals surface area contributed by atoms with Crippen LogP contribution in [0.15, 0.2) is 12.1 Å². The van der Waals surface area contributed by atoms with Gasteiger partial charge in [-0.1, -0.05) is 11.6 Å². The molecule has 4 nitrogen and oxygen atoms in total. The minimum Gasteiger partial charge on any atom is -0.478 e. The Kier molecular flexibility index (Phi) is 2.55. The fourth-order valence-corrected chi connectivity index (χ4v) is 1.62. The number of rotatable bonds is 1. The first-order valence-electron chi connectivity index (χ1n) is 4.40. The van der Waals surface area contributed by atoms with Gasteiger partial charge >= 0.3 is 5.97 Å². The van der Waals surface area contributed by atoms with Crippen LogP contribution in [0.1, 0.15) is 16.8 Å². The van der Waals surface area contributed by atoms with Gasteiger partial charge in [0.2, 0.25) is 6.10 Å². The average molecular weight is 245 g/mol. The van der Waals surface area contributed by atoms with E-state index in [0.717, 1.165) is 12.1 Å². The molecule has 1 aliphatic heterocycles. The summed E-state index contributed by atoms with van der Waals surface area (Å²) in [6.45, 7) is 0. The van der Waals surface area contributed by atoms with E-state index in [-0.39, 0.29) is 22.8 Å². The Hall–Kier alpha value is -1.62. The molecule has 0 spiro atoms. The maximum atomic E-state index is 13.1. The van der Waals surface area contributed by atoms with E-state index in [1.807, 2.05) is 0 Å². The highest BCUT2D eigenvalue weighted by Crippen LogP contribution is 2.31. The van der Waals surface area contributed by atoms with Crippen LogP contribution in [-0.4, -0.2) is 23.0 Å². The Bertz CT molecular complexity index is 486. The van der Waals surface area contributed by atoms with Crippen LogP contribution in [0.5, 0.6) is 5.75 Å². The number of hydrogen-bond acceptors (Lipinski definition) is 3. The van der Waals surface area contributed by atoms with E-state index in [1.165, 1.54) is 0 Å². The standard InChI is InChI=1S/C10H6ClFO4/c11-5-1-4-7(13)3-9(10(14)15)16-8(4)2-6(5)12/h1-2,9H,3H2,(H,14,15). The molecule has 0 bridgehead atoms. The number of carboxylic acid groups (broad SMARTS) is 1. The van der Waals surface area contributed by atoms with Crippen LogP contribution < -0.4 is 4.74 Å². The number of aliphatic carboxylic acids is 1. The Morgan fingerprint density at radius 2 is 2.25 bits per heavy atom. The molecule has 1 heterocycles. The normalized spacial score (nSPS) is 18.9. The first-order chi connectivity index (χ1) is 7.49. The second-order valence-electron chi connectivity index (χ2n) is 3.33. The molecule has 6 heteroatoms. The van der Waals surface area contributed by atoms with E-state index < -0.39 is 23.7 Å².